The van der Waals surface area contributed by atoms with Crippen LogP contribution in [0.3, 0.4) is 0 Å². The number of carbonyl (C=O) groups excluding carboxylic acids is 3. The van der Waals surface area contributed by atoms with E-state index < -0.39 is 43.7 Å². The van der Waals surface area contributed by atoms with Crippen LogP contribution in [0, 0.1) is 5.92 Å². The number of fused-ring (bicyclic) bond motifs is 4. The molecule has 1 unspecified atom stereocenters. The van der Waals surface area contributed by atoms with Crippen molar-refractivity contribution in [2.75, 3.05) is 36.2 Å². The van der Waals surface area contributed by atoms with Crippen molar-refractivity contribution in [1.29, 1.82) is 0 Å². The van der Waals surface area contributed by atoms with Crippen LogP contribution in [-0.4, -0.2) is 85.8 Å². The molecular weight excluding hydrogens is 872 g/mol. The van der Waals surface area contributed by atoms with Gasteiger partial charge in [0, 0.05) is 40.3 Å². The average Bonchev–Trinajstić information content (AvgIpc) is 3.67. The van der Waals surface area contributed by atoms with Gasteiger partial charge in [-0.3, -0.25) is 19.3 Å². The Bertz CT molecular complexity index is 2340. The average molecular weight is 928 g/mol. The molecule has 4 aromatic carbocycles. The number of nitrogens with zero attached hydrogens (tertiary/aromatic N) is 3. The first kappa shape index (κ1) is 44.2. The summed E-state index contributed by atoms with van der Waals surface area (Å²) in [5.41, 5.74) is 4.27. The second kappa shape index (κ2) is 18.0. The molecule has 328 valence electrons. The smallest absolute Gasteiger partial charge is 0.264 e. The Labute approximate surface area is 372 Å². The third-order valence-electron chi connectivity index (χ3n) is 13.2. The van der Waals surface area contributed by atoms with Crippen molar-refractivity contribution in [2.24, 2.45) is 5.92 Å². The summed E-state index contributed by atoms with van der Waals surface area (Å²) in [5.74, 6) is -0.550. The highest BCUT2D eigenvalue weighted by atomic mass is 79.9. The third kappa shape index (κ3) is 8.14. The topological polar surface area (TPSA) is 132 Å². The van der Waals surface area contributed by atoms with Gasteiger partial charge in [-0.2, -0.15) is 0 Å². The number of halogens is 2. The van der Waals surface area contributed by atoms with Crippen molar-refractivity contribution in [1.82, 2.24) is 10.2 Å². The van der Waals surface area contributed by atoms with Crippen molar-refractivity contribution in [3.63, 3.8) is 0 Å². The molecular formula is C48H56BrFN4O7Si. The van der Waals surface area contributed by atoms with E-state index >= 15 is 8.90 Å². The van der Waals surface area contributed by atoms with Gasteiger partial charge in [0.25, 0.3) is 5.91 Å². The first-order valence-electron chi connectivity index (χ1n) is 21.8. The molecule has 6 atom stereocenters. The van der Waals surface area contributed by atoms with Gasteiger partial charge in [0.05, 0.1) is 55.7 Å². The Morgan fingerprint density at radius 2 is 1.74 bits per heavy atom. The van der Waals surface area contributed by atoms with Gasteiger partial charge in [-0.05, 0) is 123 Å². The van der Waals surface area contributed by atoms with Crippen molar-refractivity contribution in [3.8, 4) is 5.75 Å². The normalized spacial score (nSPS) is 24.4. The highest BCUT2D eigenvalue weighted by Gasteiger charge is 2.67. The molecule has 0 aliphatic carbocycles. The minimum absolute atomic E-state index is 0.0873. The molecule has 0 radical (unpaired) electrons. The van der Waals surface area contributed by atoms with Crippen LogP contribution < -0.4 is 19.9 Å². The summed E-state index contributed by atoms with van der Waals surface area (Å²) in [6.07, 6.45) is 1.37. The molecule has 3 amide bonds. The lowest BCUT2D eigenvalue weighted by Gasteiger charge is -2.37. The van der Waals surface area contributed by atoms with Gasteiger partial charge in [0.2, 0.25) is 20.2 Å². The maximum Gasteiger partial charge on any atom is 0.264 e. The van der Waals surface area contributed by atoms with Crippen LogP contribution in [0.25, 0.3) is 0 Å². The Kier molecular flexibility index (Phi) is 12.8. The predicted molar refractivity (Wildman–Crippen MR) is 243 cm³/mol. The number of anilines is 3. The van der Waals surface area contributed by atoms with Gasteiger partial charge < -0.3 is 38.9 Å². The number of hydrogen-bond donors (Lipinski definition) is 3. The fourth-order valence-corrected chi connectivity index (χ4v) is 13.3. The molecule has 0 aromatic heterocycles. The summed E-state index contributed by atoms with van der Waals surface area (Å²) in [6, 6.07) is 26.0. The summed E-state index contributed by atoms with van der Waals surface area (Å²) in [5, 5.41) is 23.1. The van der Waals surface area contributed by atoms with Crippen molar-refractivity contribution >= 4 is 59.1 Å². The number of ether oxygens (including phenoxy) is 2. The Morgan fingerprint density at radius 1 is 0.968 bits per heavy atom. The number of nitrogens with one attached hydrogen (secondary N) is 1. The fraction of sp³-hybridized carbons (Fsp3) is 0.438. The van der Waals surface area contributed by atoms with Gasteiger partial charge in [-0.1, -0.05) is 59.3 Å². The second-order valence-electron chi connectivity index (χ2n) is 17.6. The van der Waals surface area contributed by atoms with Gasteiger partial charge in [-0.15, -0.1) is 0 Å². The lowest BCUT2D eigenvalue weighted by molar-refractivity contribution is -0.151. The number of aliphatic hydroxyl groups is 2. The van der Waals surface area contributed by atoms with E-state index in [2.05, 4.69) is 21.2 Å². The molecule has 4 aliphatic heterocycles. The molecule has 1 spiro atoms. The first-order chi connectivity index (χ1) is 29.8. The minimum Gasteiger partial charge on any atom is -0.494 e. The summed E-state index contributed by atoms with van der Waals surface area (Å²) in [4.78, 5) is 49.0. The molecule has 62 heavy (non-hydrogen) atoms. The van der Waals surface area contributed by atoms with E-state index in [0.29, 0.717) is 55.9 Å². The zero-order valence-corrected chi connectivity index (χ0v) is 38.4. The molecule has 0 bridgehead atoms. The lowest BCUT2D eigenvalue weighted by atomic mass is 9.82. The van der Waals surface area contributed by atoms with Crippen molar-refractivity contribution in [2.45, 2.75) is 101 Å². The van der Waals surface area contributed by atoms with E-state index in [1.165, 1.54) is 0 Å². The number of unbranched alkanes of at least 4 members (excludes halogenated alkanes) is 1. The van der Waals surface area contributed by atoms with E-state index in [1.807, 2.05) is 98.8 Å². The van der Waals surface area contributed by atoms with Crippen molar-refractivity contribution < 1.29 is 38.2 Å². The Hall–Kier alpha value is -4.44. The highest BCUT2D eigenvalue weighted by Crippen LogP contribution is 2.60. The summed E-state index contributed by atoms with van der Waals surface area (Å²) < 4.78 is 30.3. The monoisotopic (exact) mass is 926 g/mol. The molecule has 4 aromatic rings. The molecule has 14 heteroatoms. The van der Waals surface area contributed by atoms with Crippen LogP contribution in [-0.2, 0) is 50.7 Å². The van der Waals surface area contributed by atoms with Gasteiger partial charge in [0.1, 0.15) is 5.75 Å². The maximum atomic E-state index is 16.7. The molecule has 4 heterocycles. The number of hydrogen-bond acceptors (Lipinski definition) is 8. The van der Waals surface area contributed by atoms with Crippen LogP contribution in [0.4, 0.5) is 21.2 Å². The number of aliphatic hydroxyl groups excluding tert-OH is 2. The predicted octanol–water partition coefficient (Wildman–Crippen LogP) is 7.46. The quantitative estimate of drug-likeness (QED) is 0.0676. The molecule has 3 N–H and O–H groups in total. The van der Waals surface area contributed by atoms with E-state index in [4.69, 9.17) is 9.47 Å². The SMILES string of the molecule is CCOc1ccc2c(c1)CC(NCCCCO)C(=O)N2c1cccc(CN2C(=O)[C@@]3(O[C@@H](CC(=O)N4Cc5ccccc5C[C@H]4CO)[C@H]([Si](C)(C)F)[C@H]3C)c3cc(Br)ccc32)c1. The maximum absolute atomic E-state index is 16.7. The number of carbonyl (C=O) groups is 3. The number of amides is 3. The second-order valence-corrected chi connectivity index (χ2v) is 22.3. The molecule has 0 saturated carbocycles. The van der Waals surface area contributed by atoms with E-state index in [0.717, 1.165) is 44.6 Å². The first-order valence-corrected chi connectivity index (χ1v) is 25.5. The Morgan fingerprint density at radius 3 is 2.48 bits per heavy atom. The molecule has 11 nitrogen and oxygen atoms in total. The summed E-state index contributed by atoms with van der Waals surface area (Å²) in [7, 11) is -3.58. The highest BCUT2D eigenvalue weighted by molar-refractivity contribution is 9.10. The summed E-state index contributed by atoms with van der Waals surface area (Å²) in [6.45, 7) is 8.52. The molecule has 1 fully saturated rings. The lowest BCUT2D eigenvalue weighted by Crippen LogP contribution is -2.49. The largest absolute Gasteiger partial charge is 0.494 e. The zero-order chi connectivity index (χ0) is 43.9. The Balaban J connectivity index is 1.10. The van der Waals surface area contributed by atoms with Crippen LogP contribution in [0.15, 0.2) is 89.4 Å². The fourth-order valence-electron chi connectivity index (χ4n) is 10.4. The van der Waals surface area contributed by atoms with Crippen LogP contribution in [0.5, 0.6) is 5.75 Å². The van der Waals surface area contributed by atoms with E-state index in [1.54, 1.807) is 27.8 Å². The zero-order valence-electron chi connectivity index (χ0n) is 35.8. The van der Waals surface area contributed by atoms with Crippen LogP contribution in [0.2, 0.25) is 18.6 Å². The number of benzene rings is 4. The van der Waals surface area contributed by atoms with E-state index in [9.17, 15) is 19.8 Å². The molecule has 1 saturated heterocycles. The van der Waals surface area contributed by atoms with Gasteiger partial charge in [-0.25, -0.2) is 0 Å². The summed E-state index contributed by atoms with van der Waals surface area (Å²) >= 11 is 3.63. The molecule has 4 aliphatic rings. The van der Waals surface area contributed by atoms with Crippen LogP contribution in [0.1, 0.15) is 60.9 Å². The van der Waals surface area contributed by atoms with Crippen molar-refractivity contribution in [3.05, 3.63) is 117 Å². The van der Waals surface area contributed by atoms with Crippen LogP contribution >= 0.6 is 15.9 Å². The molecule has 8 rings (SSSR count). The van der Waals surface area contributed by atoms with Gasteiger partial charge >= 0.3 is 0 Å². The third-order valence-corrected chi connectivity index (χ3v) is 16.2. The van der Waals surface area contributed by atoms with Gasteiger partial charge in [0.15, 0.2) is 5.60 Å². The van der Waals surface area contributed by atoms with E-state index in [-0.39, 0.29) is 43.9 Å². The standard InChI is InChI=1S/C48H56BrFN4O7Si/c1-5-60-38-16-18-41-34(23-38)24-40(51-19-8-9-20-55)46(58)54(41)36-14-10-11-31(21-36)27-53-42-17-15-35(49)25-39(42)48(47(53)59)30(2)45(62(3,4)50)43(61-48)26-44(57)52-28-33-13-7-6-12-32(33)22-37(52)29-56/h6-7,10-18,21,23,25,30,37,40,43,45,51,55-56H,5,8-9,19-20,22,24,26-29H2,1-4H3/t30-,37+,40?,43+,45-,48+/m1/s1. The number of rotatable bonds is 14. The minimum atomic E-state index is -3.58.